The van der Waals surface area contributed by atoms with Gasteiger partial charge in [-0.25, -0.2) is 0 Å². The molecule has 0 aliphatic rings. The number of carbonyl (C=O) groups is 2. The van der Waals surface area contributed by atoms with Crippen LogP contribution in [0.2, 0.25) is 5.02 Å². The zero-order valence-electron chi connectivity index (χ0n) is 10.5. The normalized spacial score (nSPS) is 10.3. The predicted octanol–water partition coefficient (Wildman–Crippen LogP) is 3.13. The molecule has 0 unspecified atom stereocenters. The third-order valence-electron chi connectivity index (χ3n) is 2.46. The highest BCUT2D eigenvalue weighted by molar-refractivity contribution is 6.33. The van der Waals surface area contributed by atoms with E-state index in [2.05, 4.69) is 5.32 Å². The fourth-order valence-electron chi connectivity index (χ4n) is 1.59. The van der Waals surface area contributed by atoms with Crippen molar-refractivity contribution < 1.29 is 14.7 Å². The van der Waals surface area contributed by atoms with Gasteiger partial charge in [0.1, 0.15) is 11.5 Å². The van der Waals surface area contributed by atoms with Gasteiger partial charge in [0.05, 0.1) is 10.7 Å². The van der Waals surface area contributed by atoms with Crippen LogP contribution in [-0.4, -0.2) is 22.7 Å². The predicted molar refractivity (Wildman–Crippen MR) is 76.1 cm³/mol. The number of halogens is 2. The van der Waals surface area contributed by atoms with Crippen LogP contribution >= 0.6 is 23.2 Å². The summed E-state index contributed by atoms with van der Waals surface area (Å²) in [5.74, 6) is 0.0684. The Morgan fingerprint density at radius 1 is 1.37 bits per heavy atom. The highest BCUT2D eigenvalue weighted by Crippen LogP contribution is 2.30. The molecule has 0 bridgehead atoms. The minimum Gasteiger partial charge on any atom is -0.508 e. The van der Waals surface area contributed by atoms with E-state index >= 15 is 0 Å². The second-order valence-corrected chi connectivity index (χ2v) is 4.94. The molecule has 0 aromatic heterocycles. The van der Waals surface area contributed by atoms with Crippen molar-refractivity contribution in [3.8, 4) is 5.75 Å². The summed E-state index contributed by atoms with van der Waals surface area (Å²) in [6, 6.07) is 2.83. The number of rotatable bonds is 6. The van der Waals surface area contributed by atoms with Crippen LogP contribution in [0.15, 0.2) is 12.1 Å². The molecule has 0 atom stereocenters. The first kappa shape index (κ1) is 15.8. The van der Waals surface area contributed by atoms with Gasteiger partial charge in [-0.1, -0.05) is 11.6 Å². The van der Waals surface area contributed by atoms with Gasteiger partial charge in [0.25, 0.3) is 0 Å². The summed E-state index contributed by atoms with van der Waals surface area (Å²) in [5.41, 5.74) is 0.766. The summed E-state index contributed by atoms with van der Waals surface area (Å²) in [7, 11) is 0. The van der Waals surface area contributed by atoms with E-state index in [1.807, 2.05) is 0 Å². The first-order valence-electron chi connectivity index (χ1n) is 5.80. The molecule has 0 aliphatic carbocycles. The lowest BCUT2D eigenvalue weighted by Crippen LogP contribution is -2.07. The summed E-state index contributed by atoms with van der Waals surface area (Å²) in [6.07, 6.45) is 1.08. The molecule has 0 spiro atoms. The van der Waals surface area contributed by atoms with Crippen molar-refractivity contribution in [1.29, 1.82) is 0 Å². The summed E-state index contributed by atoms with van der Waals surface area (Å²) in [6.45, 7) is 1.34. The SMILES string of the molecule is CC(=O)Nc1cc(O)c(CC(=O)CCCCl)cc1Cl. The largest absolute Gasteiger partial charge is 0.508 e. The minimum atomic E-state index is -0.285. The summed E-state index contributed by atoms with van der Waals surface area (Å²) in [5, 5.41) is 12.6. The van der Waals surface area contributed by atoms with Crippen molar-refractivity contribution in [2.24, 2.45) is 0 Å². The lowest BCUT2D eigenvalue weighted by Gasteiger charge is -2.09. The van der Waals surface area contributed by atoms with Gasteiger partial charge in [-0.2, -0.15) is 0 Å². The maximum atomic E-state index is 11.6. The van der Waals surface area contributed by atoms with Crippen LogP contribution in [0.3, 0.4) is 0 Å². The third-order valence-corrected chi connectivity index (χ3v) is 3.04. The minimum absolute atomic E-state index is 0.0145. The van der Waals surface area contributed by atoms with Crippen molar-refractivity contribution in [1.82, 2.24) is 0 Å². The lowest BCUT2D eigenvalue weighted by molar-refractivity contribution is -0.118. The quantitative estimate of drug-likeness (QED) is 0.793. The number of ketones is 1. The van der Waals surface area contributed by atoms with Gasteiger partial charge in [0, 0.05) is 37.3 Å². The molecule has 1 rings (SSSR count). The molecule has 0 saturated heterocycles. The first-order valence-corrected chi connectivity index (χ1v) is 6.72. The highest BCUT2D eigenvalue weighted by atomic mass is 35.5. The van der Waals surface area contributed by atoms with Crippen LogP contribution in [0.4, 0.5) is 5.69 Å². The maximum Gasteiger partial charge on any atom is 0.221 e. The second kappa shape index (κ2) is 7.36. The van der Waals surface area contributed by atoms with Crippen molar-refractivity contribution in [3.63, 3.8) is 0 Å². The Hall–Kier alpha value is -1.26. The average molecular weight is 304 g/mol. The Morgan fingerprint density at radius 2 is 2.05 bits per heavy atom. The Labute approximate surface area is 121 Å². The number of hydrogen-bond acceptors (Lipinski definition) is 3. The van der Waals surface area contributed by atoms with Crippen LogP contribution in [0.5, 0.6) is 5.75 Å². The number of alkyl halides is 1. The molecule has 1 aromatic rings. The standard InChI is InChI=1S/C13H15Cl2NO3/c1-8(17)16-12-7-13(19)9(6-11(12)15)5-10(18)3-2-4-14/h6-7,19H,2-5H2,1H3,(H,16,17). The van der Waals surface area contributed by atoms with E-state index in [0.29, 0.717) is 30.0 Å². The molecule has 0 radical (unpaired) electrons. The van der Waals surface area contributed by atoms with Gasteiger partial charge >= 0.3 is 0 Å². The van der Waals surface area contributed by atoms with E-state index in [1.54, 1.807) is 0 Å². The van der Waals surface area contributed by atoms with Crippen LogP contribution in [0.1, 0.15) is 25.3 Å². The molecule has 0 heterocycles. The van der Waals surface area contributed by atoms with E-state index < -0.39 is 0 Å². The van der Waals surface area contributed by atoms with E-state index in [-0.39, 0.29) is 28.9 Å². The highest BCUT2D eigenvalue weighted by Gasteiger charge is 2.12. The topological polar surface area (TPSA) is 66.4 Å². The van der Waals surface area contributed by atoms with Crippen LogP contribution < -0.4 is 5.32 Å². The molecular weight excluding hydrogens is 289 g/mol. The van der Waals surface area contributed by atoms with E-state index in [1.165, 1.54) is 19.1 Å². The summed E-state index contributed by atoms with van der Waals surface area (Å²) < 4.78 is 0. The molecule has 1 amide bonds. The van der Waals surface area contributed by atoms with Crippen LogP contribution in [0.25, 0.3) is 0 Å². The fraction of sp³-hybridized carbons (Fsp3) is 0.385. The molecule has 2 N–H and O–H groups in total. The average Bonchev–Trinajstić information content (AvgIpc) is 2.32. The first-order chi connectivity index (χ1) is 8.93. The smallest absolute Gasteiger partial charge is 0.221 e. The molecule has 104 valence electrons. The van der Waals surface area contributed by atoms with E-state index in [4.69, 9.17) is 23.2 Å². The number of benzene rings is 1. The number of phenols is 1. The number of nitrogens with one attached hydrogen (secondary N) is 1. The fourth-order valence-corrected chi connectivity index (χ4v) is 1.96. The molecule has 6 heteroatoms. The number of Topliss-reactive ketones (excluding diaryl/α,β-unsaturated/α-hetero) is 1. The second-order valence-electron chi connectivity index (χ2n) is 4.15. The van der Waals surface area contributed by atoms with Gasteiger partial charge in [0.2, 0.25) is 5.91 Å². The summed E-state index contributed by atoms with van der Waals surface area (Å²) >= 11 is 11.5. The molecule has 0 fully saturated rings. The number of carbonyl (C=O) groups excluding carboxylic acids is 2. The van der Waals surface area contributed by atoms with Crippen LogP contribution in [-0.2, 0) is 16.0 Å². The molecule has 0 aliphatic heterocycles. The Morgan fingerprint density at radius 3 is 2.63 bits per heavy atom. The third kappa shape index (κ3) is 5.09. The number of aromatic hydroxyl groups is 1. The van der Waals surface area contributed by atoms with Gasteiger partial charge in [0.15, 0.2) is 0 Å². The number of anilines is 1. The lowest BCUT2D eigenvalue weighted by atomic mass is 10.0. The van der Waals surface area contributed by atoms with Crippen molar-refractivity contribution in [3.05, 3.63) is 22.7 Å². The molecular formula is C13H15Cl2NO3. The van der Waals surface area contributed by atoms with Gasteiger partial charge in [-0.05, 0) is 12.5 Å². The Kier molecular flexibility index (Phi) is 6.12. The zero-order chi connectivity index (χ0) is 14.4. The van der Waals surface area contributed by atoms with E-state index in [9.17, 15) is 14.7 Å². The number of amides is 1. The zero-order valence-corrected chi connectivity index (χ0v) is 12.0. The Balaban J connectivity index is 2.83. The maximum absolute atomic E-state index is 11.6. The Bertz CT molecular complexity index is 489. The van der Waals surface area contributed by atoms with Crippen molar-refractivity contribution in [2.75, 3.05) is 11.2 Å². The van der Waals surface area contributed by atoms with Gasteiger partial charge in [-0.15, -0.1) is 11.6 Å². The molecule has 4 nitrogen and oxygen atoms in total. The summed E-state index contributed by atoms with van der Waals surface area (Å²) in [4.78, 5) is 22.6. The van der Waals surface area contributed by atoms with Crippen molar-refractivity contribution in [2.45, 2.75) is 26.2 Å². The van der Waals surface area contributed by atoms with E-state index in [0.717, 1.165) is 0 Å². The van der Waals surface area contributed by atoms with Crippen LogP contribution in [0, 0.1) is 0 Å². The number of phenolic OH excluding ortho intramolecular Hbond substituents is 1. The molecule has 19 heavy (non-hydrogen) atoms. The number of hydrogen-bond donors (Lipinski definition) is 2. The molecule has 0 saturated carbocycles. The van der Waals surface area contributed by atoms with Crippen molar-refractivity contribution >= 4 is 40.6 Å². The molecule has 1 aromatic carbocycles. The van der Waals surface area contributed by atoms with Gasteiger partial charge < -0.3 is 10.4 Å². The monoisotopic (exact) mass is 303 g/mol. The van der Waals surface area contributed by atoms with Gasteiger partial charge in [-0.3, -0.25) is 9.59 Å².